The first-order chi connectivity index (χ1) is 6.34. The first kappa shape index (κ1) is 8.76. The van der Waals surface area contributed by atoms with E-state index in [9.17, 15) is 0 Å². The second-order valence-electron chi connectivity index (χ2n) is 4.03. The molecule has 0 aliphatic carbocycles. The fourth-order valence-corrected chi connectivity index (χ4v) is 2.08. The fraction of sp³-hybridized carbons (Fsp3) is 0.500. The molecular weight excluding hydrogens is 158 g/mol. The van der Waals surface area contributed by atoms with Crippen molar-refractivity contribution in [3.63, 3.8) is 0 Å². The maximum absolute atomic E-state index is 3.60. The molecule has 0 spiro atoms. The van der Waals surface area contributed by atoms with Gasteiger partial charge in [0.05, 0.1) is 0 Å². The van der Waals surface area contributed by atoms with E-state index >= 15 is 0 Å². The van der Waals surface area contributed by atoms with Crippen LogP contribution in [0.5, 0.6) is 0 Å². The Morgan fingerprint density at radius 3 is 2.62 bits per heavy atom. The minimum atomic E-state index is 0.706. The molecule has 1 aromatic carbocycles. The van der Waals surface area contributed by atoms with Gasteiger partial charge in [-0.25, -0.2) is 0 Å². The molecule has 0 saturated carbocycles. The van der Waals surface area contributed by atoms with Crippen molar-refractivity contribution in [1.82, 2.24) is 5.32 Å². The first-order valence-corrected chi connectivity index (χ1v) is 5.14. The summed E-state index contributed by atoms with van der Waals surface area (Å²) in [5, 5.41) is 3.60. The molecule has 1 nitrogen and oxygen atoms in total. The molecule has 1 N–H and O–H groups in total. The maximum Gasteiger partial charge on any atom is 0.0110 e. The van der Waals surface area contributed by atoms with E-state index in [1.807, 2.05) is 0 Å². The highest BCUT2D eigenvalue weighted by Crippen LogP contribution is 2.15. The van der Waals surface area contributed by atoms with Gasteiger partial charge in [0.25, 0.3) is 0 Å². The summed E-state index contributed by atoms with van der Waals surface area (Å²) < 4.78 is 0. The predicted octanol–water partition coefficient (Wildman–Crippen LogP) is 2.37. The average Bonchev–Trinajstić information content (AvgIpc) is 2.53. The zero-order valence-corrected chi connectivity index (χ0v) is 8.16. The summed E-state index contributed by atoms with van der Waals surface area (Å²) in [5.74, 6) is 0. The maximum atomic E-state index is 3.60. The van der Waals surface area contributed by atoms with Crippen LogP contribution in [0.3, 0.4) is 0 Å². The lowest BCUT2D eigenvalue weighted by atomic mass is 10.1. The Morgan fingerprint density at radius 1 is 1.23 bits per heavy atom. The van der Waals surface area contributed by atoms with Crippen molar-refractivity contribution in [3.05, 3.63) is 35.9 Å². The molecule has 0 radical (unpaired) electrons. The van der Waals surface area contributed by atoms with Gasteiger partial charge in [0, 0.05) is 12.1 Å². The summed E-state index contributed by atoms with van der Waals surface area (Å²) in [7, 11) is 0. The lowest BCUT2D eigenvalue weighted by molar-refractivity contribution is 0.558. The van der Waals surface area contributed by atoms with Crippen LogP contribution in [0, 0.1) is 0 Å². The van der Waals surface area contributed by atoms with Crippen LogP contribution in [0.2, 0.25) is 0 Å². The third-order valence-corrected chi connectivity index (χ3v) is 2.79. The van der Waals surface area contributed by atoms with Gasteiger partial charge in [-0.1, -0.05) is 30.3 Å². The van der Waals surface area contributed by atoms with Crippen molar-refractivity contribution in [2.45, 2.75) is 38.3 Å². The molecule has 0 bridgehead atoms. The van der Waals surface area contributed by atoms with Crippen LogP contribution in [0.4, 0.5) is 0 Å². The molecule has 1 aliphatic heterocycles. The molecule has 1 saturated heterocycles. The second-order valence-corrected chi connectivity index (χ2v) is 4.03. The number of nitrogens with one attached hydrogen (secondary N) is 1. The Labute approximate surface area is 80.2 Å². The van der Waals surface area contributed by atoms with E-state index in [0.717, 1.165) is 0 Å². The van der Waals surface area contributed by atoms with Crippen LogP contribution in [0.15, 0.2) is 30.3 Å². The van der Waals surface area contributed by atoms with Crippen LogP contribution >= 0.6 is 0 Å². The molecular formula is C12H17N. The van der Waals surface area contributed by atoms with Crippen molar-refractivity contribution in [2.75, 3.05) is 0 Å². The van der Waals surface area contributed by atoms with E-state index in [2.05, 4.69) is 42.6 Å². The number of hydrogen-bond donors (Lipinski definition) is 1. The molecule has 1 fully saturated rings. The predicted molar refractivity (Wildman–Crippen MR) is 55.8 cm³/mol. The van der Waals surface area contributed by atoms with Crippen LogP contribution in [-0.4, -0.2) is 12.1 Å². The van der Waals surface area contributed by atoms with Gasteiger partial charge >= 0.3 is 0 Å². The zero-order chi connectivity index (χ0) is 9.10. The lowest BCUT2D eigenvalue weighted by Crippen LogP contribution is -2.28. The van der Waals surface area contributed by atoms with Crippen LogP contribution in [0.25, 0.3) is 0 Å². The van der Waals surface area contributed by atoms with Gasteiger partial charge in [-0.2, -0.15) is 0 Å². The van der Waals surface area contributed by atoms with Gasteiger partial charge in [-0.05, 0) is 31.7 Å². The van der Waals surface area contributed by atoms with E-state index in [0.29, 0.717) is 12.1 Å². The monoisotopic (exact) mass is 175 g/mol. The Hall–Kier alpha value is -0.820. The highest BCUT2D eigenvalue weighted by Gasteiger charge is 2.19. The van der Waals surface area contributed by atoms with Gasteiger partial charge < -0.3 is 5.32 Å². The standard InChI is InChI=1S/C12H17N/c1-10-7-8-12(13-10)9-11-5-3-2-4-6-11/h2-6,10,12-13H,7-9H2,1H3/t10-,12+/m0/s1. The summed E-state index contributed by atoms with van der Waals surface area (Å²) in [5.41, 5.74) is 1.45. The fourth-order valence-electron chi connectivity index (χ4n) is 2.08. The van der Waals surface area contributed by atoms with Gasteiger partial charge in [0.1, 0.15) is 0 Å². The topological polar surface area (TPSA) is 12.0 Å². The molecule has 2 atom stereocenters. The van der Waals surface area contributed by atoms with Crippen molar-refractivity contribution in [3.8, 4) is 0 Å². The molecule has 2 rings (SSSR count). The molecule has 1 aliphatic rings. The summed E-state index contributed by atoms with van der Waals surface area (Å²) in [6.07, 6.45) is 3.85. The van der Waals surface area contributed by atoms with Gasteiger partial charge in [-0.3, -0.25) is 0 Å². The molecule has 0 unspecified atom stereocenters. The smallest absolute Gasteiger partial charge is 0.0110 e. The highest BCUT2D eigenvalue weighted by atomic mass is 15.0. The summed E-state index contributed by atoms with van der Waals surface area (Å²) >= 11 is 0. The van der Waals surface area contributed by atoms with E-state index < -0.39 is 0 Å². The van der Waals surface area contributed by atoms with Gasteiger partial charge in [0.15, 0.2) is 0 Å². The summed E-state index contributed by atoms with van der Waals surface area (Å²) in [6.45, 7) is 2.27. The van der Waals surface area contributed by atoms with Crippen molar-refractivity contribution in [2.24, 2.45) is 0 Å². The Bertz CT molecular complexity index is 255. The highest BCUT2D eigenvalue weighted by molar-refractivity contribution is 5.16. The first-order valence-electron chi connectivity index (χ1n) is 5.14. The van der Waals surface area contributed by atoms with E-state index in [1.54, 1.807) is 0 Å². The van der Waals surface area contributed by atoms with Crippen LogP contribution in [-0.2, 0) is 6.42 Å². The second kappa shape index (κ2) is 3.93. The number of hydrogen-bond acceptors (Lipinski definition) is 1. The van der Waals surface area contributed by atoms with E-state index in [-0.39, 0.29) is 0 Å². The number of benzene rings is 1. The van der Waals surface area contributed by atoms with Crippen molar-refractivity contribution in [1.29, 1.82) is 0 Å². The van der Waals surface area contributed by atoms with Gasteiger partial charge in [0.2, 0.25) is 0 Å². The normalized spacial score (nSPS) is 27.8. The van der Waals surface area contributed by atoms with Crippen LogP contribution in [0.1, 0.15) is 25.3 Å². The van der Waals surface area contributed by atoms with E-state index in [4.69, 9.17) is 0 Å². The number of rotatable bonds is 2. The summed E-state index contributed by atoms with van der Waals surface area (Å²) in [4.78, 5) is 0. The Kier molecular flexibility index (Phi) is 2.65. The average molecular weight is 175 g/mol. The SMILES string of the molecule is C[C@H]1CC[C@H](Cc2ccccc2)N1. The molecule has 1 aromatic rings. The third-order valence-electron chi connectivity index (χ3n) is 2.79. The van der Waals surface area contributed by atoms with E-state index in [1.165, 1.54) is 24.8 Å². The van der Waals surface area contributed by atoms with Gasteiger partial charge in [-0.15, -0.1) is 0 Å². The Balaban J connectivity index is 1.92. The quantitative estimate of drug-likeness (QED) is 0.727. The molecule has 13 heavy (non-hydrogen) atoms. The van der Waals surface area contributed by atoms with Crippen molar-refractivity contribution < 1.29 is 0 Å². The zero-order valence-electron chi connectivity index (χ0n) is 8.16. The third kappa shape index (κ3) is 2.31. The molecule has 1 heterocycles. The summed E-state index contributed by atoms with van der Waals surface area (Å²) in [6, 6.07) is 12.2. The molecule has 0 amide bonds. The lowest BCUT2D eigenvalue weighted by Gasteiger charge is -2.11. The minimum Gasteiger partial charge on any atom is -0.311 e. The van der Waals surface area contributed by atoms with Crippen molar-refractivity contribution >= 4 is 0 Å². The van der Waals surface area contributed by atoms with Crippen LogP contribution < -0.4 is 5.32 Å². The molecule has 0 aromatic heterocycles. The largest absolute Gasteiger partial charge is 0.311 e. The Morgan fingerprint density at radius 2 is 2.00 bits per heavy atom. The molecule has 1 heteroatoms. The molecule has 70 valence electrons. The minimum absolute atomic E-state index is 0.706.